The van der Waals surface area contributed by atoms with Crippen LogP contribution >= 0.6 is 0 Å². The van der Waals surface area contributed by atoms with Crippen LogP contribution in [0.2, 0.25) is 0 Å². The minimum atomic E-state index is 0.435. The quantitative estimate of drug-likeness (QED) is 0.929. The maximum atomic E-state index is 5.78. The molecule has 2 N–H and O–H groups in total. The first-order valence-electron chi connectivity index (χ1n) is 7.43. The van der Waals surface area contributed by atoms with Crippen molar-refractivity contribution in [2.75, 3.05) is 0 Å². The summed E-state index contributed by atoms with van der Waals surface area (Å²) in [6.45, 7) is 5.75. The molecule has 1 aliphatic carbocycles. The van der Waals surface area contributed by atoms with Gasteiger partial charge in [0.2, 0.25) is 0 Å². The van der Waals surface area contributed by atoms with Gasteiger partial charge in [0.25, 0.3) is 0 Å². The van der Waals surface area contributed by atoms with Crippen LogP contribution in [-0.4, -0.2) is 14.8 Å². The number of aryl methyl sites for hydroxylation is 2. The highest BCUT2D eigenvalue weighted by molar-refractivity contribution is 5.58. The first kappa shape index (κ1) is 13.3. The predicted octanol–water partition coefficient (Wildman–Crippen LogP) is 2.55. The van der Waals surface area contributed by atoms with Gasteiger partial charge >= 0.3 is 0 Å². The smallest absolute Gasteiger partial charge is 0.164 e. The Morgan fingerprint density at radius 2 is 2.00 bits per heavy atom. The third kappa shape index (κ3) is 2.36. The van der Waals surface area contributed by atoms with Crippen molar-refractivity contribution in [2.24, 2.45) is 11.7 Å². The second kappa shape index (κ2) is 5.37. The fourth-order valence-electron chi connectivity index (χ4n) is 2.97. The molecule has 0 saturated heterocycles. The highest BCUT2D eigenvalue weighted by atomic mass is 15.3. The van der Waals surface area contributed by atoms with Gasteiger partial charge in [0.05, 0.1) is 6.54 Å². The summed E-state index contributed by atoms with van der Waals surface area (Å²) in [5.41, 5.74) is 9.91. The van der Waals surface area contributed by atoms with Crippen LogP contribution in [0.15, 0.2) is 18.2 Å². The summed E-state index contributed by atoms with van der Waals surface area (Å²) in [5, 5.41) is 8.61. The summed E-state index contributed by atoms with van der Waals surface area (Å²) in [6, 6.07) is 6.70. The van der Waals surface area contributed by atoms with E-state index < -0.39 is 0 Å². The Hall–Kier alpha value is -1.68. The molecule has 0 spiro atoms. The second-order valence-corrected chi connectivity index (χ2v) is 5.99. The summed E-state index contributed by atoms with van der Waals surface area (Å²) in [4.78, 5) is 0. The van der Waals surface area contributed by atoms with Gasteiger partial charge in [-0.1, -0.05) is 26.0 Å². The van der Waals surface area contributed by atoms with E-state index in [9.17, 15) is 0 Å². The van der Waals surface area contributed by atoms with Gasteiger partial charge in [0, 0.05) is 12.1 Å². The molecule has 0 amide bonds. The highest BCUT2D eigenvalue weighted by Gasteiger charge is 2.17. The monoisotopic (exact) mass is 270 g/mol. The van der Waals surface area contributed by atoms with Crippen LogP contribution in [0.5, 0.6) is 0 Å². The molecular weight excluding hydrogens is 248 g/mol. The second-order valence-electron chi connectivity index (χ2n) is 5.99. The molecule has 1 aromatic carbocycles. The molecule has 3 rings (SSSR count). The van der Waals surface area contributed by atoms with E-state index in [1.165, 1.54) is 36.0 Å². The third-order valence-corrected chi connectivity index (χ3v) is 3.91. The SMILES string of the molecule is CC(C)Cn1c(CN)nnc1-c1ccc2c(c1)CCC2. The number of hydrogen-bond donors (Lipinski definition) is 1. The van der Waals surface area contributed by atoms with Gasteiger partial charge in [0.1, 0.15) is 5.82 Å². The van der Waals surface area contributed by atoms with Gasteiger partial charge in [0.15, 0.2) is 5.82 Å². The van der Waals surface area contributed by atoms with Crippen LogP contribution in [0, 0.1) is 5.92 Å². The molecule has 0 unspecified atom stereocenters. The van der Waals surface area contributed by atoms with E-state index in [2.05, 4.69) is 46.8 Å². The fourth-order valence-corrected chi connectivity index (χ4v) is 2.97. The van der Waals surface area contributed by atoms with Gasteiger partial charge in [-0.15, -0.1) is 10.2 Å². The maximum absolute atomic E-state index is 5.78. The van der Waals surface area contributed by atoms with Crippen molar-refractivity contribution in [3.8, 4) is 11.4 Å². The Bertz CT molecular complexity index is 613. The minimum Gasteiger partial charge on any atom is -0.324 e. The summed E-state index contributed by atoms with van der Waals surface area (Å²) < 4.78 is 2.17. The number of rotatable bonds is 4. The third-order valence-electron chi connectivity index (χ3n) is 3.91. The first-order chi connectivity index (χ1) is 9.69. The summed E-state index contributed by atoms with van der Waals surface area (Å²) >= 11 is 0. The van der Waals surface area contributed by atoms with Crippen molar-refractivity contribution in [3.63, 3.8) is 0 Å². The van der Waals surface area contributed by atoms with Crippen LogP contribution in [0.4, 0.5) is 0 Å². The van der Waals surface area contributed by atoms with E-state index in [4.69, 9.17) is 5.73 Å². The van der Waals surface area contributed by atoms with E-state index in [-0.39, 0.29) is 0 Å². The Labute approximate surface area is 120 Å². The molecule has 0 aliphatic heterocycles. The van der Waals surface area contributed by atoms with E-state index >= 15 is 0 Å². The fraction of sp³-hybridized carbons (Fsp3) is 0.500. The van der Waals surface area contributed by atoms with E-state index in [0.29, 0.717) is 12.5 Å². The lowest BCUT2D eigenvalue weighted by molar-refractivity contribution is 0.510. The average Bonchev–Trinajstić information content (AvgIpc) is 3.03. The molecule has 106 valence electrons. The lowest BCUT2D eigenvalue weighted by Gasteiger charge is -2.12. The van der Waals surface area contributed by atoms with Gasteiger partial charge in [-0.25, -0.2) is 0 Å². The molecule has 20 heavy (non-hydrogen) atoms. The molecule has 0 atom stereocenters. The number of nitrogens with zero attached hydrogens (tertiary/aromatic N) is 3. The van der Waals surface area contributed by atoms with Gasteiger partial charge in [-0.3, -0.25) is 0 Å². The zero-order valence-electron chi connectivity index (χ0n) is 12.3. The number of nitrogens with two attached hydrogens (primary N) is 1. The zero-order valence-corrected chi connectivity index (χ0v) is 12.3. The first-order valence-corrected chi connectivity index (χ1v) is 7.43. The van der Waals surface area contributed by atoms with Crippen LogP contribution in [-0.2, 0) is 25.9 Å². The number of fused-ring (bicyclic) bond motifs is 1. The summed E-state index contributed by atoms with van der Waals surface area (Å²) in [5.74, 6) is 2.37. The largest absolute Gasteiger partial charge is 0.324 e. The van der Waals surface area contributed by atoms with Gasteiger partial charge in [-0.2, -0.15) is 0 Å². The Kier molecular flexibility index (Phi) is 3.57. The average molecular weight is 270 g/mol. The Morgan fingerprint density at radius 3 is 2.75 bits per heavy atom. The molecule has 1 heterocycles. The predicted molar refractivity (Wildman–Crippen MR) is 80.2 cm³/mol. The lowest BCUT2D eigenvalue weighted by atomic mass is 10.1. The molecule has 2 aromatic rings. The van der Waals surface area contributed by atoms with Gasteiger partial charge in [-0.05, 0) is 42.4 Å². The van der Waals surface area contributed by atoms with Crippen molar-refractivity contribution in [3.05, 3.63) is 35.2 Å². The van der Waals surface area contributed by atoms with Crippen molar-refractivity contribution in [1.82, 2.24) is 14.8 Å². The van der Waals surface area contributed by atoms with E-state index in [1.807, 2.05) is 0 Å². The minimum absolute atomic E-state index is 0.435. The van der Waals surface area contributed by atoms with Crippen molar-refractivity contribution < 1.29 is 0 Å². The molecule has 1 aromatic heterocycles. The van der Waals surface area contributed by atoms with E-state index in [0.717, 1.165) is 18.2 Å². The number of aromatic nitrogens is 3. The molecule has 0 saturated carbocycles. The summed E-state index contributed by atoms with van der Waals surface area (Å²) in [7, 11) is 0. The molecule has 4 heteroatoms. The topological polar surface area (TPSA) is 56.7 Å². The molecular formula is C16H22N4. The normalized spacial score (nSPS) is 14.0. The number of hydrogen-bond acceptors (Lipinski definition) is 3. The maximum Gasteiger partial charge on any atom is 0.164 e. The molecule has 4 nitrogen and oxygen atoms in total. The van der Waals surface area contributed by atoms with Gasteiger partial charge < -0.3 is 10.3 Å². The zero-order chi connectivity index (χ0) is 14.1. The van der Waals surface area contributed by atoms with Crippen LogP contribution in [0.1, 0.15) is 37.2 Å². The van der Waals surface area contributed by atoms with Crippen molar-refractivity contribution in [1.29, 1.82) is 0 Å². The van der Waals surface area contributed by atoms with Crippen LogP contribution < -0.4 is 5.73 Å². The Morgan fingerprint density at radius 1 is 1.20 bits per heavy atom. The summed E-state index contributed by atoms with van der Waals surface area (Å²) in [6.07, 6.45) is 3.67. The molecule has 0 bridgehead atoms. The molecule has 0 radical (unpaired) electrons. The van der Waals surface area contributed by atoms with Crippen LogP contribution in [0.3, 0.4) is 0 Å². The van der Waals surface area contributed by atoms with Crippen LogP contribution in [0.25, 0.3) is 11.4 Å². The molecule has 0 fully saturated rings. The lowest BCUT2D eigenvalue weighted by Crippen LogP contribution is -2.13. The highest BCUT2D eigenvalue weighted by Crippen LogP contribution is 2.28. The van der Waals surface area contributed by atoms with Crippen molar-refractivity contribution >= 4 is 0 Å². The standard InChI is InChI=1S/C16H22N4/c1-11(2)10-20-15(9-17)18-19-16(20)14-7-6-12-4-3-5-13(12)8-14/h6-8,11H,3-5,9-10,17H2,1-2H3. The molecule has 1 aliphatic rings. The van der Waals surface area contributed by atoms with E-state index in [1.54, 1.807) is 0 Å². The van der Waals surface area contributed by atoms with Crippen molar-refractivity contribution in [2.45, 2.75) is 46.2 Å². The number of benzene rings is 1. The Balaban J connectivity index is 2.03.